The van der Waals surface area contributed by atoms with Crippen LogP contribution in [-0.4, -0.2) is 67.0 Å². The van der Waals surface area contributed by atoms with E-state index in [1.165, 1.54) is 0 Å². The van der Waals surface area contributed by atoms with Crippen LogP contribution in [0.3, 0.4) is 0 Å². The minimum absolute atomic E-state index is 0.0458. The van der Waals surface area contributed by atoms with E-state index in [1.54, 1.807) is 6.20 Å². The molecule has 2 fully saturated rings. The Balaban J connectivity index is 1.30. The number of hydrogen-bond acceptors (Lipinski definition) is 6. The molecule has 1 aliphatic heterocycles. The first-order chi connectivity index (χ1) is 15.7. The minimum Gasteiger partial charge on any atom is -0.350 e. The molecule has 9 heteroatoms. The fraction of sp³-hybridized carbons (Fsp3) is 0.391. The first-order valence-corrected chi connectivity index (χ1v) is 11.2. The third-order valence-corrected chi connectivity index (χ3v) is 6.73. The zero-order chi connectivity index (χ0) is 21.7. The summed E-state index contributed by atoms with van der Waals surface area (Å²) in [5.74, 6) is 0.687. The SMILES string of the molecule is CN[C@H]1C[C@H](Nc2ncc3c(-c4ccc5ncc(C(=O)N6CCCC6)n5c4)ccn3n2)C1. The van der Waals surface area contributed by atoms with Gasteiger partial charge in [-0.3, -0.25) is 9.20 Å². The smallest absolute Gasteiger partial charge is 0.272 e. The molecule has 0 unspecified atom stereocenters. The van der Waals surface area contributed by atoms with Crippen LogP contribution in [-0.2, 0) is 0 Å². The Bertz CT molecular complexity index is 1300. The summed E-state index contributed by atoms with van der Waals surface area (Å²) in [5, 5.41) is 11.3. The molecular formula is C23H26N8O. The number of likely N-dealkylation sites (tertiary alicyclic amines) is 1. The molecule has 0 bridgehead atoms. The minimum atomic E-state index is 0.0458. The van der Waals surface area contributed by atoms with Gasteiger partial charge in [0.15, 0.2) is 0 Å². The monoisotopic (exact) mass is 430 g/mol. The summed E-state index contributed by atoms with van der Waals surface area (Å²) in [6.07, 6.45) is 11.8. The number of pyridine rings is 1. The van der Waals surface area contributed by atoms with E-state index in [2.05, 4.69) is 25.7 Å². The molecule has 1 aliphatic carbocycles. The first kappa shape index (κ1) is 19.2. The Labute approximate surface area is 185 Å². The summed E-state index contributed by atoms with van der Waals surface area (Å²) in [5.41, 5.74) is 4.31. The molecule has 2 N–H and O–H groups in total. The van der Waals surface area contributed by atoms with Crippen molar-refractivity contribution in [2.75, 3.05) is 25.5 Å². The fourth-order valence-electron chi connectivity index (χ4n) is 4.74. The van der Waals surface area contributed by atoms with Gasteiger partial charge in [-0.15, -0.1) is 5.10 Å². The number of carbonyl (C=O) groups excluding carboxylic acids is 1. The van der Waals surface area contributed by atoms with Crippen molar-refractivity contribution in [3.8, 4) is 11.1 Å². The molecule has 2 aliphatic rings. The highest BCUT2D eigenvalue weighted by Gasteiger charge is 2.28. The highest BCUT2D eigenvalue weighted by molar-refractivity contribution is 5.93. The molecule has 9 nitrogen and oxygen atoms in total. The zero-order valence-electron chi connectivity index (χ0n) is 18.0. The van der Waals surface area contributed by atoms with Crippen molar-refractivity contribution in [1.29, 1.82) is 0 Å². The summed E-state index contributed by atoms with van der Waals surface area (Å²) in [6, 6.07) is 7.00. The number of hydrogen-bond donors (Lipinski definition) is 2. The Hall–Kier alpha value is -3.46. The van der Waals surface area contributed by atoms with Gasteiger partial charge in [0.2, 0.25) is 5.95 Å². The van der Waals surface area contributed by atoms with Crippen LogP contribution < -0.4 is 10.6 Å². The van der Waals surface area contributed by atoms with Crippen LogP contribution in [0.1, 0.15) is 36.2 Å². The van der Waals surface area contributed by atoms with Gasteiger partial charge in [0.05, 0.1) is 17.9 Å². The van der Waals surface area contributed by atoms with Gasteiger partial charge in [0.1, 0.15) is 11.3 Å². The van der Waals surface area contributed by atoms with E-state index in [-0.39, 0.29) is 5.91 Å². The van der Waals surface area contributed by atoms with Crippen LogP contribution in [0.15, 0.2) is 43.0 Å². The molecule has 4 aromatic rings. The van der Waals surface area contributed by atoms with Crippen molar-refractivity contribution in [2.24, 2.45) is 0 Å². The van der Waals surface area contributed by atoms with Crippen molar-refractivity contribution in [3.63, 3.8) is 0 Å². The number of amides is 1. The van der Waals surface area contributed by atoms with Crippen LogP contribution in [0.5, 0.6) is 0 Å². The van der Waals surface area contributed by atoms with E-state index >= 15 is 0 Å². The second-order valence-corrected chi connectivity index (χ2v) is 8.73. The molecule has 32 heavy (non-hydrogen) atoms. The van der Waals surface area contributed by atoms with Gasteiger partial charge >= 0.3 is 0 Å². The largest absolute Gasteiger partial charge is 0.350 e. The van der Waals surface area contributed by atoms with E-state index in [0.29, 0.717) is 23.7 Å². The van der Waals surface area contributed by atoms with E-state index in [1.807, 2.05) is 57.7 Å². The highest BCUT2D eigenvalue weighted by atomic mass is 16.2. The van der Waals surface area contributed by atoms with Gasteiger partial charge in [0.25, 0.3) is 5.91 Å². The predicted octanol–water partition coefficient (Wildman–Crippen LogP) is 2.44. The van der Waals surface area contributed by atoms with E-state index in [9.17, 15) is 4.79 Å². The molecule has 1 saturated heterocycles. The van der Waals surface area contributed by atoms with Crippen molar-refractivity contribution in [2.45, 2.75) is 37.8 Å². The first-order valence-electron chi connectivity index (χ1n) is 11.2. The van der Waals surface area contributed by atoms with Crippen LogP contribution in [0.2, 0.25) is 0 Å². The van der Waals surface area contributed by atoms with Gasteiger partial charge in [-0.1, -0.05) is 0 Å². The van der Waals surface area contributed by atoms with Gasteiger partial charge in [0, 0.05) is 48.7 Å². The number of fused-ring (bicyclic) bond motifs is 2. The van der Waals surface area contributed by atoms with Crippen molar-refractivity contribution >= 4 is 23.0 Å². The average molecular weight is 431 g/mol. The average Bonchev–Trinajstić information content (AvgIpc) is 3.54. The third kappa shape index (κ3) is 3.20. The number of anilines is 1. The maximum absolute atomic E-state index is 13.0. The standard InChI is InChI=1S/C23H26N8O/c1-24-16-10-17(11-16)27-23-26-12-19-18(6-9-31(19)28-23)15-4-5-21-25-13-20(30(21)14-15)22(32)29-7-2-3-8-29/h4-6,9,12-14,16-17,24H,2-3,7-8,10-11H2,1H3,(H,27,28)/t16-,17-. The van der Waals surface area contributed by atoms with Gasteiger partial charge < -0.3 is 15.5 Å². The van der Waals surface area contributed by atoms with Gasteiger partial charge in [-0.25, -0.2) is 14.5 Å². The van der Waals surface area contributed by atoms with E-state index in [0.717, 1.165) is 61.1 Å². The van der Waals surface area contributed by atoms with E-state index in [4.69, 9.17) is 0 Å². The zero-order valence-corrected chi connectivity index (χ0v) is 18.0. The number of rotatable bonds is 5. The lowest BCUT2D eigenvalue weighted by Crippen LogP contribution is -2.46. The number of nitrogens with one attached hydrogen (secondary N) is 2. The molecule has 0 aromatic carbocycles. The molecule has 4 aromatic heterocycles. The topological polar surface area (TPSA) is 91.9 Å². The van der Waals surface area contributed by atoms with Gasteiger partial charge in [-0.05, 0) is 50.9 Å². The van der Waals surface area contributed by atoms with E-state index < -0.39 is 0 Å². The summed E-state index contributed by atoms with van der Waals surface area (Å²) < 4.78 is 3.75. The number of aromatic nitrogens is 5. The maximum atomic E-state index is 13.0. The Morgan fingerprint density at radius 3 is 2.72 bits per heavy atom. The summed E-state index contributed by atoms with van der Waals surface area (Å²) in [4.78, 5) is 23.8. The molecular weight excluding hydrogens is 404 g/mol. The second kappa shape index (κ2) is 7.59. The summed E-state index contributed by atoms with van der Waals surface area (Å²) in [6.45, 7) is 1.64. The Morgan fingerprint density at radius 2 is 1.91 bits per heavy atom. The third-order valence-electron chi connectivity index (χ3n) is 6.73. The second-order valence-electron chi connectivity index (χ2n) is 8.73. The molecule has 1 amide bonds. The molecule has 0 atom stereocenters. The summed E-state index contributed by atoms with van der Waals surface area (Å²) in [7, 11) is 2.00. The molecule has 1 saturated carbocycles. The normalized spacial score (nSPS) is 20.7. The molecule has 164 valence electrons. The molecule has 0 radical (unpaired) electrons. The van der Waals surface area contributed by atoms with Crippen molar-refractivity contribution in [3.05, 3.63) is 48.7 Å². The molecule has 6 rings (SSSR count). The number of carbonyl (C=O) groups is 1. The maximum Gasteiger partial charge on any atom is 0.272 e. The van der Waals surface area contributed by atoms with Crippen LogP contribution in [0, 0.1) is 0 Å². The Kier molecular flexibility index (Phi) is 4.57. The quantitative estimate of drug-likeness (QED) is 0.505. The lowest BCUT2D eigenvalue weighted by atomic mass is 9.87. The molecule has 0 spiro atoms. The van der Waals surface area contributed by atoms with Crippen molar-refractivity contribution < 1.29 is 4.79 Å². The Morgan fingerprint density at radius 1 is 1.06 bits per heavy atom. The van der Waals surface area contributed by atoms with Crippen molar-refractivity contribution in [1.82, 2.24) is 34.2 Å². The fourth-order valence-corrected chi connectivity index (χ4v) is 4.74. The summed E-state index contributed by atoms with van der Waals surface area (Å²) >= 11 is 0. The van der Waals surface area contributed by atoms with Crippen LogP contribution in [0.4, 0.5) is 5.95 Å². The predicted molar refractivity (Wildman–Crippen MR) is 122 cm³/mol. The lowest BCUT2D eigenvalue weighted by molar-refractivity contribution is 0.0786. The van der Waals surface area contributed by atoms with Crippen LogP contribution >= 0.6 is 0 Å². The number of nitrogens with zero attached hydrogens (tertiary/aromatic N) is 6. The van der Waals surface area contributed by atoms with Crippen LogP contribution in [0.25, 0.3) is 22.3 Å². The lowest BCUT2D eigenvalue weighted by Gasteiger charge is -2.35. The highest BCUT2D eigenvalue weighted by Crippen LogP contribution is 2.27. The number of imidazole rings is 1. The van der Waals surface area contributed by atoms with Gasteiger partial charge in [-0.2, -0.15) is 0 Å². The molecule has 5 heterocycles.